The van der Waals surface area contributed by atoms with E-state index < -0.39 is 10.0 Å². The van der Waals surface area contributed by atoms with Gasteiger partial charge in [-0.3, -0.25) is 9.71 Å². The summed E-state index contributed by atoms with van der Waals surface area (Å²) in [4.78, 5) is 6.29. The van der Waals surface area contributed by atoms with Crippen molar-refractivity contribution >= 4 is 45.6 Å². The lowest BCUT2D eigenvalue weighted by Crippen LogP contribution is -2.39. The number of halogens is 1. The predicted octanol–water partition coefficient (Wildman–Crippen LogP) is 2.65. The second kappa shape index (κ2) is 11.3. The van der Waals surface area contributed by atoms with Gasteiger partial charge in [-0.1, -0.05) is 24.3 Å². The van der Waals surface area contributed by atoms with Crippen molar-refractivity contribution in [2.24, 2.45) is 4.99 Å². The minimum Gasteiger partial charge on any atom is -0.352 e. The molecule has 0 aliphatic heterocycles. The van der Waals surface area contributed by atoms with E-state index in [4.69, 9.17) is 0 Å². The van der Waals surface area contributed by atoms with Gasteiger partial charge in [0.1, 0.15) is 0 Å². The predicted molar refractivity (Wildman–Crippen MR) is 113 cm³/mol. The number of sulfonamides is 1. The number of hydrogen-bond donors (Lipinski definition) is 2. The lowest BCUT2D eigenvalue weighted by atomic mass is 10.2. The summed E-state index contributed by atoms with van der Waals surface area (Å²) in [6.45, 7) is 5.07. The van der Waals surface area contributed by atoms with Crippen LogP contribution in [-0.4, -0.2) is 46.2 Å². The highest BCUT2D eigenvalue weighted by molar-refractivity contribution is 14.0. The molecule has 0 amide bonds. The largest absolute Gasteiger partial charge is 0.352 e. The number of anilines is 1. The number of aliphatic imine (C=N–C) groups is 1. The molecule has 8 heteroatoms. The maximum absolute atomic E-state index is 11.4. The van der Waals surface area contributed by atoms with Crippen LogP contribution in [0.3, 0.4) is 0 Å². The quantitative estimate of drug-likeness (QED) is 0.203. The zero-order chi connectivity index (χ0) is 17.3. The molecule has 24 heavy (non-hydrogen) atoms. The molecule has 0 aromatic heterocycles. The highest BCUT2D eigenvalue weighted by Gasteiger charge is 2.09. The Labute approximate surface area is 162 Å². The van der Waals surface area contributed by atoms with Crippen LogP contribution < -0.4 is 10.0 Å². The van der Waals surface area contributed by atoms with Crippen molar-refractivity contribution in [3.63, 3.8) is 0 Å². The third kappa shape index (κ3) is 8.53. The molecular formula is C16H27IN4O2S. The highest BCUT2D eigenvalue weighted by Crippen LogP contribution is 2.16. The van der Waals surface area contributed by atoms with Crippen molar-refractivity contribution in [2.45, 2.75) is 19.4 Å². The Morgan fingerprint density at radius 3 is 2.62 bits per heavy atom. The summed E-state index contributed by atoms with van der Waals surface area (Å²) >= 11 is 0. The van der Waals surface area contributed by atoms with Crippen LogP contribution >= 0.6 is 24.0 Å². The van der Waals surface area contributed by atoms with Crippen LogP contribution in [0.4, 0.5) is 5.69 Å². The average molecular weight is 466 g/mol. The SMILES string of the molecule is C=CCCCN(C)C(=NC)NCc1ccccc1NS(C)(=O)=O.I. The van der Waals surface area contributed by atoms with Gasteiger partial charge in [0.05, 0.1) is 11.9 Å². The molecule has 1 aromatic rings. The smallest absolute Gasteiger partial charge is 0.229 e. The first-order valence-corrected chi connectivity index (χ1v) is 9.35. The number of guanidine groups is 1. The van der Waals surface area contributed by atoms with Crippen LogP contribution in [0, 0.1) is 0 Å². The third-order valence-electron chi connectivity index (χ3n) is 3.22. The Kier molecular flexibility index (Phi) is 10.7. The van der Waals surface area contributed by atoms with E-state index in [-0.39, 0.29) is 24.0 Å². The molecule has 0 bridgehead atoms. The molecule has 0 atom stereocenters. The summed E-state index contributed by atoms with van der Waals surface area (Å²) < 4.78 is 25.4. The Bertz CT molecular complexity index is 647. The van der Waals surface area contributed by atoms with Crippen molar-refractivity contribution in [3.8, 4) is 0 Å². The highest BCUT2D eigenvalue weighted by atomic mass is 127. The fourth-order valence-corrected chi connectivity index (χ4v) is 2.71. The first-order chi connectivity index (χ1) is 10.9. The van der Waals surface area contributed by atoms with Gasteiger partial charge in [-0.2, -0.15) is 0 Å². The molecule has 0 unspecified atom stereocenters. The summed E-state index contributed by atoms with van der Waals surface area (Å²) in [6.07, 6.45) is 5.01. The topological polar surface area (TPSA) is 73.8 Å². The molecule has 0 spiro atoms. The summed E-state index contributed by atoms with van der Waals surface area (Å²) in [5.74, 6) is 0.767. The molecule has 2 N–H and O–H groups in total. The molecule has 0 aliphatic carbocycles. The van der Waals surface area contributed by atoms with Crippen LogP contribution in [-0.2, 0) is 16.6 Å². The van der Waals surface area contributed by atoms with Crippen molar-refractivity contribution in [1.29, 1.82) is 0 Å². The number of para-hydroxylation sites is 1. The van der Waals surface area contributed by atoms with Crippen molar-refractivity contribution in [1.82, 2.24) is 10.2 Å². The summed E-state index contributed by atoms with van der Waals surface area (Å²) in [6, 6.07) is 7.30. The molecule has 6 nitrogen and oxygen atoms in total. The van der Waals surface area contributed by atoms with E-state index in [1.54, 1.807) is 19.2 Å². The number of rotatable bonds is 8. The molecule has 0 fully saturated rings. The van der Waals surface area contributed by atoms with Crippen LogP contribution in [0.15, 0.2) is 41.9 Å². The Hall–Kier alpha value is -1.29. The Morgan fingerprint density at radius 1 is 1.38 bits per heavy atom. The van der Waals surface area contributed by atoms with Gasteiger partial charge in [-0.15, -0.1) is 30.6 Å². The van der Waals surface area contributed by atoms with Crippen molar-refractivity contribution < 1.29 is 8.42 Å². The molecule has 1 rings (SSSR count). The van der Waals surface area contributed by atoms with Crippen LogP contribution in [0.5, 0.6) is 0 Å². The molecule has 1 aromatic carbocycles. The maximum Gasteiger partial charge on any atom is 0.229 e. The first kappa shape index (κ1) is 22.7. The minimum absolute atomic E-state index is 0. The van der Waals surface area contributed by atoms with Gasteiger partial charge in [0.15, 0.2) is 5.96 Å². The van der Waals surface area contributed by atoms with Gasteiger partial charge in [0, 0.05) is 27.2 Å². The van der Waals surface area contributed by atoms with Gasteiger partial charge >= 0.3 is 0 Å². The van der Waals surface area contributed by atoms with Crippen molar-refractivity contribution in [3.05, 3.63) is 42.5 Å². The summed E-state index contributed by atoms with van der Waals surface area (Å²) in [5.41, 5.74) is 1.44. The van der Waals surface area contributed by atoms with E-state index in [1.165, 1.54) is 0 Å². The lowest BCUT2D eigenvalue weighted by molar-refractivity contribution is 0.470. The summed E-state index contributed by atoms with van der Waals surface area (Å²) in [5, 5.41) is 3.25. The van der Waals surface area contributed by atoms with E-state index in [1.807, 2.05) is 30.2 Å². The number of nitrogens with one attached hydrogen (secondary N) is 2. The van der Waals surface area contributed by atoms with E-state index in [2.05, 4.69) is 21.6 Å². The Morgan fingerprint density at radius 2 is 2.04 bits per heavy atom. The van der Waals surface area contributed by atoms with Crippen molar-refractivity contribution in [2.75, 3.05) is 31.6 Å². The second-order valence-corrected chi connectivity index (χ2v) is 7.03. The lowest BCUT2D eigenvalue weighted by Gasteiger charge is -2.22. The van der Waals surface area contributed by atoms with E-state index >= 15 is 0 Å². The second-order valence-electron chi connectivity index (χ2n) is 5.28. The Balaban J connectivity index is 0.00000529. The zero-order valence-electron chi connectivity index (χ0n) is 14.4. The van der Waals surface area contributed by atoms with Crippen LogP contribution in [0.2, 0.25) is 0 Å². The number of unbranched alkanes of at least 4 members (excludes halogenated alkanes) is 1. The summed E-state index contributed by atoms with van der Waals surface area (Å²) in [7, 11) is 0.398. The van der Waals surface area contributed by atoms with Gasteiger partial charge in [-0.05, 0) is 24.5 Å². The fraction of sp³-hybridized carbons (Fsp3) is 0.438. The third-order valence-corrected chi connectivity index (χ3v) is 3.82. The van der Waals surface area contributed by atoms with E-state index in [0.717, 1.165) is 37.2 Å². The maximum atomic E-state index is 11.4. The van der Waals surface area contributed by atoms with Gasteiger partial charge in [0.25, 0.3) is 0 Å². The molecule has 0 heterocycles. The van der Waals surface area contributed by atoms with Gasteiger partial charge < -0.3 is 10.2 Å². The zero-order valence-corrected chi connectivity index (χ0v) is 17.6. The number of hydrogen-bond acceptors (Lipinski definition) is 3. The van der Waals surface area contributed by atoms with Gasteiger partial charge in [-0.25, -0.2) is 8.42 Å². The van der Waals surface area contributed by atoms with E-state index in [9.17, 15) is 8.42 Å². The molecule has 0 saturated heterocycles. The standard InChI is InChI=1S/C16H26N4O2S.HI/c1-5-6-9-12-20(3)16(17-2)18-13-14-10-7-8-11-15(14)19-23(4,21)22;/h5,7-8,10-11,19H,1,6,9,12-13H2,2-4H3,(H,17,18);1H. The molecular weight excluding hydrogens is 439 g/mol. The normalized spacial score (nSPS) is 11.4. The fourth-order valence-electron chi connectivity index (χ4n) is 2.11. The monoisotopic (exact) mass is 466 g/mol. The van der Waals surface area contributed by atoms with Crippen LogP contribution in [0.1, 0.15) is 18.4 Å². The molecule has 0 radical (unpaired) electrons. The number of allylic oxidation sites excluding steroid dienone is 1. The molecule has 0 saturated carbocycles. The van der Waals surface area contributed by atoms with Gasteiger partial charge in [0.2, 0.25) is 10.0 Å². The number of benzene rings is 1. The van der Waals surface area contributed by atoms with E-state index in [0.29, 0.717) is 12.2 Å². The number of nitrogens with zero attached hydrogens (tertiary/aromatic N) is 2. The minimum atomic E-state index is -3.30. The average Bonchev–Trinajstić information content (AvgIpc) is 2.48. The first-order valence-electron chi connectivity index (χ1n) is 7.45. The molecule has 136 valence electrons. The molecule has 0 aliphatic rings. The van der Waals surface area contributed by atoms with Crippen LogP contribution in [0.25, 0.3) is 0 Å².